The Kier molecular flexibility index (Phi) is 6.78. The van der Waals surface area contributed by atoms with Crippen LogP contribution in [-0.2, 0) is 0 Å². The molecule has 0 radical (unpaired) electrons. The number of nitrogen functional groups attached to an aromatic ring is 2. The Morgan fingerprint density at radius 1 is 1.05 bits per heavy atom. The second-order valence-electron chi connectivity index (χ2n) is 3.88. The van der Waals surface area contributed by atoms with E-state index in [9.17, 15) is 4.79 Å². The first-order chi connectivity index (χ1) is 8.56. The molecule has 0 saturated carbocycles. The van der Waals surface area contributed by atoms with Crippen LogP contribution in [0.5, 0.6) is 0 Å². The number of hydrogen-bond donors (Lipinski definition) is 4. The third kappa shape index (κ3) is 4.27. The van der Waals surface area contributed by atoms with Gasteiger partial charge in [-0.3, -0.25) is 16.3 Å². The average molecular weight is 316 g/mol. The first-order valence-electron chi connectivity index (χ1n) is 5.37. The lowest BCUT2D eigenvalue weighted by molar-refractivity contribution is -0.465. The van der Waals surface area contributed by atoms with Gasteiger partial charge >= 0.3 is 5.82 Å². The second kappa shape index (κ2) is 7.54. The van der Waals surface area contributed by atoms with Crippen molar-refractivity contribution in [3.8, 4) is 0 Å². The molecular formula is C12H15Cl2N5O. The van der Waals surface area contributed by atoms with Crippen molar-refractivity contribution in [1.29, 1.82) is 0 Å². The van der Waals surface area contributed by atoms with Crippen molar-refractivity contribution in [2.75, 3.05) is 16.8 Å². The van der Waals surface area contributed by atoms with E-state index in [1.165, 1.54) is 0 Å². The molecule has 0 aliphatic heterocycles. The minimum Gasteiger partial charge on any atom is -1.00 e. The van der Waals surface area contributed by atoms with E-state index < -0.39 is 0 Å². The molecule has 0 fully saturated rings. The van der Waals surface area contributed by atoms with E-state index in [4.69, 9.17) is 11.5 Å². The highest BCUT2D eigenvalue weighted by atomic mass is 35.5. The van der Waals surface area contributed by atoms with Crippen molar-refractivity contribution in [3.63, 3.8) is 0 Å². The molecule has 2 aromatic rings. The van der Waals surface area contributed by atoms with Gasteiger partial charge in [0.25, 0.3) is 11.7 Å². The smallest absolute Gasteiger partial charge is 0.309 e. The fourth-order valence-electron chi connectivity index (χ4n) is 1.50. The standard InChI is InChI=1S/C12H13N5O.2ClH/c13-8-3-1-7(2-4-8)12(18)16-9-5-6-10(14)17-11(9)15;;/h1-6H,13H2,(H,16,18)(H4,14,15,17);2*1H. The van der Waals surface area contributed by atoms with E-state index in [2.05, 4.69) is 16.0 Å². The highest BCUT2D eigenvalue weighted by molar-refractivity contribution is 6.05. The summed E-state index contributed by atoms with van der Waals surface area (Å²) in [7, 11) is 0. The number of aromatic amines is 1. The van der Waals surface area contributed by atoms with Gasteiger partial charge in [0.2, 0.25) is 0 Å². The van der Waals surface area contributed by atoms with Crippen molar-refractivity contribution in [2.45, 2.75) is 0 Å². The van der Waals surface area contributed by atoms with Gasteiger partial charge in [-0.2, -0.15) is 4.98 Å². The maximum atomic E-state index is 11.9. The largest absolute Gasteiger partial charge is 1.00 e. The van der Waals surface area contributed by atoms with Crippen LogP contribution in [0.1, 0.15) is 10.4 Å². The van der Waals surface area contributed by atoms with E-state index in [-0.39, 0.29) is 30.7 Å². The number of aromatic nitrogens is 1. The molecule has 1 amide bonds. The predicted octanol–water partition coefficient (Wildman–Crippen LogP) is -6.20. The molecule has 1 aromatic heterocycles. The molecule has 6 nitrogen and oxygen atoms in total. The summed E-state index contributed by atoms with van der Waals surface area (Å²) in [6, 6.07) is 10.0. The fourth-order valence-corrected chi connectivity index (χ4v) is 1.50. The van der Waals surface area contributed by atoms with Gasteiger partial charge < -0.3 is 35.9 Å². The zero-order valence-electron chi connectivity index (χ0n) is 10.5. The first-order valence-corrected chi connectivity index (χ1v) is 5.37. The molecule has 1 heterocycles. The SMILES string of the molecule is Nc1ccc(C(=O)Nc2ccc(N)[nH+]c2[NH3+])cc1.[Cl-].[Cl-]. The lowest BCUT2D eigenvalue weighted by Gasteiger charge is -2.04. The molecule has 0 aliphatic rings. The summed E-state index contributed by atoms with van der Waals surface area (Å²) in [5.74, 6) is 0.822. The molecule has 9 N–H and O–H groups in total. The van der Waals surface area contributed by atoms with Crippen LogP contribution in [0, 0.1) is 0 Å². The quantitative estimate of drug-likeness (QED) is 0.412. The number of halogens is 2. The molecule has 0 saturated heterocycles. The average Bonchev–Trinajstić information content (AvgIpc) is 2.33. The number of anilines is 3. The number of nitrogens with two attached hydrogens (primary N) is 2. The molecule has 0 spiro atoms. The van der Waals surface area contributed by atoms with E-state index in [0.717, 1.165) is 0 Å². The normalized spacial score (nSPS) is 9.05. The summed E-state index contributed by atoms with van der Waals surface area (Å²) in [4.78, 5) is 14.8. The van der Waals surface area contributed by atoms with E-state index >= 15 is 0 Å². The topological polar surface area (TPSA) is 123 Å². The molecule has 1 aromatic carbocycles. The number of nitrogens with one attached hydrogen (secondary N) is 2. The van der Waals surface area contributed by atoms with Crippen LogP contribution in [-0.4, -0.2) is 5.91 Å². The fraction of sp³-hybridized carbons (Fsp3) is 0. The minimum atomic E-state index is -0.224. The van der Waals surface area contributed by atoms with E-state index in [1.54, 1.807) is 36.4 Å². The molecule has 0 aliphatic carbocycles. The van der Waals surface area contributed by atoms with Crippen molar-refractivity contribution >= 4 is 28.9 Å². The van der Waals surface area contributed by atoms with Crippen LogP contribution in [0.4, 0.5) is 23.0 Å². The van der Waals surface area contributed by atoms with Crippen LogP contribution in [0.2, 0.25) is 0 Å². The van der Waals surface area contributed by atoms with E-state index in [0.29, 0.717) is 28.6 Å². The number of pyridine rings is 1. The Labute approximate surface area is 128 Å². The van der Waals surface area contributed by atoms with Gasteiger partial charge in [0.15, 0.2) is 0 Å². The van der Waals surface area contributed by atoms with Gasteiger partial charge in [0.05, 0.1) is 0 Å². The third-order valence-corrected chi connectivity index (χ3v) is 2.47. The lowest BCUT2D eigenvalue weighted by Crippen LogP contribution is -3.00. The van der Waals surface area contributed by atoms with E-state index in [1.807, 2.05) is 0 Å². The van der Waals surface area contributed by atoms with Gasteiger partial charge in [0, 0.05) is 17.3 Å². The summed E-state index contributed by atoms with van der Waals surface area (Å²) < 4.78 is 0. The molecule has 0 atom stereocenters. The maximum Gasteiger partial charge on any atom is 0.309 e. The Balaban J connectivity index is 0.00000180. The second-order valence-corrected chi connectivity index (χ2v) is 3.88. The number of rotatable bonds is 2. The summed E-state index contributed by atoms with van der Waals surface area (Å²) in [6.45, 7) is 0. The summed E-state index contributed by atoms with van der Waals surface area (Å²) in [5, 5.41) is 2.74. The van der Waals surface area contributed by atoms with Crippen LogP contribution < -0.4 is 52.3 Å². The number of hydrogen-bond acceptors (Lipinski definition) is 3. The summed E-state index contributed by atoms with van der Waals surface area (Å²) in [5.41, 5.74) is 16.6. The molecule has 2 rings (SSSR count). The maximum absolute atomic E-state index is 11.9. The number of H-pyrrole nitrogens is 1. The van der Waals surface area contributed by atoms with Gasteiger partial charge in [0.1, 0.15) is 5.69 Å². The Hall–Kier alpha value is -2.02. The number of quaternary nitrogens is 1. The van der Waals surface area contributed by atoms with Gasteiger partial charge in [-0.15, -0.1) is 0 Å². The highest BCUT2D eigenvalue weighted by Gasteiger charge is 2.12. The van der Waals surface area contributed by atoms with Crippen molar-refractivity contribution in [3.05, 3.63) is 42.0 Å². The number of benzene rings is 1. The predicted molar refractivity (Wildman–Crippen MR) is 68.8 cm³/mol. The highest BCUT2D eigenvalue weighted by Crippen LogP contribution is 2.14. The Bertz CT molecular complexity index is 589. The number of carbonyl (C=O) groups excluding carboxylic acids is 1. The zero-order chi connectivity index (χ0) is 13.1. The molecule has 108 valence electrons. The van der Waals surface area contributed by atoms with Crippen LogP contribution in [0.15, 0.2) is 36.4 Å². The number of amides is 1. The Morgan fingerprint density at radius 2 is 1.65 bits per heavy atom. The van der Waals surface area contributed by atoms with Crippen molar-refractivity contribution in [2.24, 2.45) is 0 Å². The van der Waals surface area contributed by atoms with Gasteiger partial charge in [-0.1, -0.05) is 0 Å². The molecule has 0 unspecified atom stereocenters. The van der Waals surface area contributed by atoms with Crippen LogP contribution in [0.25, 0.3) is 0 Å². The minimum absolute atomic E-state index is 0. The van der Waals surface area contributed by atoms with Crippen LogP contribution >= 0.6 is 0 Å². The van der Waals surface area contributed by atoms with Crippen molar-refractivity contribution < 1.29 is 40.3 Å². The lowest BCUT2D eigenvalue weighted by atomic mass is 10.2. The van der Waals surface area contributed by atoms with Gasteiger partial charge in [-0.25, -0.2) is 0 Å². The molecule has 8 heteroatoms. The summed E-state index contributed by atoms with van der Waals surface area (Å²) in [6.07, 6.45) is 0. The van der Waals surface area contributed by atoms with Crippen LogP contribution in [0.3, 0.4) is 0 Å². The summed E-state index contributed by atoms with van der Waals surface area (Å²) >= 11 is 0. The Morgan fingerprint density at radius 3 is 2.20 bits per heavy atom. The molecule has 0 bridgehead atoms. The number of carbonyl (C=O) groups is 1. The van der Waals surface area contributed by atoms with Gasteiger partial charge in [-0.05, 0) is 30.3 Å². The third-order valence-electron chi connectivity index (χ3n) is 2.47. The van der Waals surface area contributed by atoms with Crippen molar-refractivity contribution in [1.82, 2.24) is 0 Å². The zero-order valence-corrected chi connectivity index (χ0v) is 12.0. The molecule has 20 heavy (non-hydrogen) atoms. The monoisotopic (exact) mass is 315 g/mol. The molecular weight excluding hydrogens is 301 g/mol. The first kappa shape index (κ1) is 18.0.